The smallest absolute Gasteiger partial charge is 0.170 e. The van der Waals surface area contributed by atoms with Crippen LogP contribution in [0.3, 0.4) is 0 Å². The molecule has 0 saturated carbocycles. The number of hydrogen-bond donors (Lipinski definition) is 0. The van der Waals surface area contributed by atoms with Gasteiger partial charge in [0.2, 0.25) is 0 Å². The highest BCUT2D eigenvalue weighted by molar-refractivity contribution is 9.10. The average Bonchev–Trinajstić information content (AvgIpc) is 2.82. The molecule has 3 rings (SSSR count). The van der Waals surface area contributed by atoms with Crippen molar-refractivity contribution in [2.24, 2.45) is 0 Å². The topological polar surface area (TPSA) is 30.2 Å². The molecule has 0 aliphatic heterocycles. The number of halogens is 1. The summed E-state index contributed by atoms with van der Waals surface area (Å²) in [6, 6.07) is 6.44. The highest BCUT2D eigenvalue weighted by atomic mass is 79.9. The summed E-state index contributed by atoms with van der Waals surface area (Å²) in [6.45, 7) is 4.21. The Morgan fingerprint density at radius 3 is 2.95 bits per heavy atom. The molecule has 0 N–H and O–H groups in total. The molecule has 2 aromatic heterocycles. The van der Waals surface area contributed by atoms with Crippen molar-refractivity contribution in [2.45, 2.75) is 23.8 Å². The van der Waals surface area contributed by atoms with Gasteiger partial charge in [0, 0.05) is 23.5 Å². The van der Waals surface area contributed by atoms with Crippen LogP contribution >= 0.6 is 27.7 Å². The SMILES string of the molecule is Cc1ccc(C)c(Sc2nc(Br)cn3ccnc23)c1. The Bertz CT molecular complexity index is 752. The minimum absolute atomic E-state index is 0.811. The minimum atomic E-state index is 0.811. The first-order chi connectivity index (χ1) is 9.13. The van der Waals surface area contributed by atoms with Crippen molar-refractivity contribution < 1.29 is 0 Å². The van der Waals surface area contributed by atoms with E-state index < -0.39 is 0 Å². The maximum atomic E-state index is 4.54. The van der Waals surface area contributed by atoms with E-state index in [1.165, 1.54) is 16.0 Å². The number of rotatable bonds is 2. The van der Waals surface area contributed by atoms with Crippen LogP contribution in [0.5, 0.6) is 0 Å². The fourth-order valence-corrected chi connectivity index (χ4v) is 3.45. The Morgan fingerprint density at radius 2 is 2.11 bits per heavy atom. The summed E-state index contributed by atoms with van der Waals surface area (Å²) >= 11 is 5.09. The Morgan fingerprint density at radius 1 is 1.26 bits per heavy atom. The van der Waals surface area contributed by atoms with E-state index in [0.717, 1.165) is 15.3 Å². The summed E-state index contributed by atoms with van der Waals surface area (Å²) in [7, 11) is 0. The molecule has 3 nitrogen and oxygen atoms in total. The normalized spacial score (nSPS) is 11.1. The van der Waals surface area contributed by atoms with E-state index in [4.69, 9.17) is 0 Å². The predicted molar refractivity (Wildman–Crippen MR) is 80.7 cm³/mol. The van der Waals surface area contributed by atoms with Crippen molar-refractivity contribution in [1.82, 2.24) is 14.4 Å². The van der Waals surface area contributed by atoms with E-state index in [-0.39, 0.29) is 0 Å². The van der Waals surface area contributed by atoms with Crippen molar-refractivity contribution in [3.63, 3.8) is 0 Å². The summed E-state index contributed by atoms with van der Waals surface area (Å²) in [5.41, 5.74) is 3.39. The second-order valence-electron chi connectivity index (χ2n) is 4.40. The summed E-state index contributed by atoms with van der Waals surface area (Å²) in [5.74, 6) is 0. The molecule has 0 radical (unpaired) electrons. The molecule has 0 unspecified atom stereocenters. The van der Waals surface area contributed by atoms with Gasteiger partial charge < -0.3 is 4.40 Å². The fraction of sp³-hybridized carbons (Fsp3) is 0.143. The first-order valence-corrected chi connectivity index (χ1v) is 7.49. The molecule has 0 aliphatic carbocycles. The number of aromatic nitrogens is 3. The van der Waals surface area contributed by atoms with E-state index in [1.807, 2.05) is 16.8 Å². The molecule has 1 aromatic carbocycles. The Hall–Kier alpha value is -1.33. The molecule has 0 atom stereocenters. The molecular weight excluding hydrogens is 322 g/mol. The van der Waals surface area contributed by atoms with Crippen molar-refractivity contribution in [2.75, 3.05) is 0 Å². The quantitative estimate of drug-likeness (QED) is 0.701. The predicted octanol–water partition coefficient (Wildman–Crippen LogP) is 4.26. The van der Waals surface area contributed by atoms with Gasteiger partial charge in [-0.15, -0.1) is 0 Å². The van der Waals surface area contributed by atoms with E-state index in [1.54, 1.807) is 18.0 Å². The standard InChI is InChI=1S/C14H12BrN3S/c1-9-3-4-10(2)11(7-9)19-14-13-16-5-6-18(13)8-12(15)17-14/h3-8H,1-2H3. The number of aryl methyl sites for hydroxylation is 2. The number of imidazole rings is 1. The zero-order chi connectivity index (χ0) is 13.4. The molecule has 19 heavy (non-hydrogen) atoms. The molecule has 0 fully saturated rings. The second-order valence-corrected chi connectivity index (χ2v) is 6.24. The Kier molecular flexibility index (Phi) is 3.33. The van der Waals surface area contributed by atoms with Gasteiger partial charge in [0.15, 0.2) is 5.65 Å². The maximum absolute atomic E-state index is 4.54. The van der Waals surface area contributed by atoms with Crippen LogP contribution in [0, 0.1) is 13.8 Å². The van der Waals surface area contributed by atoms with Crippen molar-refractivity contribution in [1.29, 1.82) is 0 Å². The third kappa shape index (κ3) is 2.53. The lowest BCUT2D eigenvalue weighted by Crippen LogP contribution is -1.92. The Balaban J connectivity index is 2.10. The van der Waals surface area contributed by atoms with Gasteiger partial charge in [-0.2, -0.15) is 0 Å². The Labute approximate surface area is 124 Å². The number of hydrogen-bond acceptors (Lipinski definition) is 3. The second kappa shape index (κ2) is 4.98. The van der Waals surface area contributed by atoms with Crippen LogP contribution < -0.4 is 0 Å². The number of nitrogens with zero attached hydrogens (tertiary/aromatic N) is 3. The lowest BCUT2D eigenvalue weighted by atomic mass is 10.2. The third-order valence-electron chi connectivity index (χ3n) is 2.86. The number of benzene rings is 1. The summed E-state index contributed by atoms with van der Waals surface area (Å²) < 4.78 is 2.79. The fourth-order valence-electron chi connectivity index (χ4n) is 1.86. The first-order valence-electron chi connectivity index (χ1n) is 5.88. The van der Waals surface area contributed by atoms with Gasteiger partial charge in [0.1, 0.15) is 9.63 Å². The molecule has 0 spiro atoms. The van der Waals surface area contributed by atoms with E-state index >= 15 is 0 Å². The van der Waals surface area contributed by atoms with Crippen molar-refractivity contribution in [3.8, 4) is 0 Å². The maximum Gasteiger partial charge on any atom is 0.170 e. The molecule has 0 bridgehead atoms. The van der Waals surface area contributed by atoms with Crippen LogP contribution in [0.1, 0.15) is 11.1 Å². The molecule has 0 saturated heterocycles. The van der Waals surface area contributed by atoms with Gasteiger partial charge in [0.25, 0.3) is 0 Å². The van der Waals surface area contributed by atoms with Crippen LogP contribution in [0.2, 0.25) is 0 Å². The van der Waals surface area contributed by atoms with Crippen LogP contribution in [0.4, 0.5) is 0 Å². The summed E-state index contributed by atoms with van der Waals surface area (Å²) in [4.78, 5) is 10.1. The molecule has 0 aliphatic rings. The van der Waals surface area contributed by atoms with Crippen LogP contribution in [0.15, 0.2) is 51.3 Å². The first kappa shape index (κ1) is 12.7. The van der Waals surface area contributed by atoms with Crippen molar-refractivity contribution in [3.05, 3.63) is 52.5 Å². The van der Waals surface area contributed by atoms with Crippen molar-refractivity contribution >= 4 is 33.3 Å². The van der Waals surface area contributed by atoms with Crippen LogP contribution in [-0.2, 0) is 0 Å². The molecule has 2 heterocycles. The highest BCUT2D eigenvalue weighted by Crippen LogP contribution is 2.32. The molecule has 5 heteroatoms. The number of fused-ring (bicyclic) bond motifs is 1. The van der Waals surface area contributed by atoms with Gasteiger partial charge in [-0.3, -0.25) is 0 Å². The third-order valence-corrected chi connectivity index (χ3v) is 4.37. The van der Waals surface area contributed by atoms with Gasteiger partial charge in [-0.05, 0) is 47.0 Å². The largest absolute Gasteiger partial charge is 0.302 e. The van der Waals surface area contributed by atoms with E-state index in [0.29, 0.717) is 0 Å². The lowest BCUT2D eigenvalue weighted by molar-refractivity contribution is 1.01. The molecule has 0 amide bonds. The van der Waals surface area contributed by atoms with E-state index in [9.17, 15) is 0 Å². The highest BCUT2D eigenvalue weighted by Gasteiger charge is 2.10. The zero-order valence-corrected chi connectivity index (χ0v) is 13.0. The van der Waals surface area contributed by atoms with Crippen LogP contribution in [0.25, 0.3) is 5.65 Å². The summed E-state index contributed by atoms with van der Waals surface area (Å²) in [5, 5.41) is 0.910. The van der Waals surface area contributed by atoms with Gasteiger partial charge in [-0.1, -0.05) is 23.9 Å². The lowest BCUT2D eigenvalue weighted by Gasteiger charge is -2.07. The van der Waals surface area contributed by atoms with E-state index in [2.05, 4.69) is 57.9 Å². The molecular formula is C14H12BrN3S. The molecule has 3 aromatic rings. The van der Waals surface area contributed by atoms with Gasteiger partial charge in [0.05, 0.1) is 0 Å². The van der Waals surface area contributed by atoms with Gasteiger partial charge in [-0.25, -0.2) is 9.97 Å². The monoisotopic (exact) mass is 333 g/mol. The van der Waals surface area contributed by atoms with Crippen LogP contribution in [-0.4, -0.2) is 14.4 Å². The average molecular weight is 334 g/mol. The summed E-state index contributed by atoms with van der Waals surface area (Å²) in [6.07, 6.45) is 5.63. The van der Waals surface area contributed by atoms with Gasteiger partial charge >= 0.3 is 0 Å². The zero-order valence-electron chi connectivity index (χ0n) is 10.6. The molecule has 96 valence electrons. The minimum Gasteiger partial charge on any atom is -0.302 e.